The Morgan fingerprint density at radius 3 is 0.985 bits per heavy atom. The first-order chi connectivity index (χ1) is 32.5. The number of carbonyl (C=O) groups excluding carboxylic acids is 3. The fraction of sp³-hybridized carbons (Fsp3) is 0.750. The Morgan fingerprint density at radius 2 is 0.621 bits per heavy atom. The summed E-state index contributed by atoms with van der Waals surface area (Å²) in [7, 11) is 0. The number of carbonyl (C=O) groups is 3. The number of ether oxygens (including phenoxy) is 3. The summed E-state index contributed by atoms with van der Waals surface area (Å²) in [5, 5.41) is 0. The van der Waals surface area contributed by atoms with Crippen LogP contribution in [-0.4, -0.2) is 37.2 Å². The second-order valence-electron chi connectivity index (χ2n) is 18.5. The molecule has 0 aliphatic heterocycles. The van der Waals surface area contributed by atoms with E-state index in [2.05, 4.69) is 81.5 Å². The van der Waals surface area contributed by atoms with Gasteiger partial charge in [0, 0.05) is 19.3 Å². The molecular weight excluding hydrogens is 817 g/mol. The van der Waals surface area contributed by atoms with E-state index in [1.165, 1.54) is 154 Å². The van der Waals surface area contributed by atoms with Gasteiger partial charge >= 0.3 is 17.9 Å². The molecule has 1 unspecified atom stereocenters. The van der Waals surface area contributed by atoms with E-state index >= 15 is 0 Å². The average molecular weight is 921 g/mol. The van der Waals surface area contributed by atoms with Crippen molar-refractivity contribution in [2.24, 2.45) is 0 Å². The summed E-state index contributed by atoms with van der Waals surface area (Å²) in [4.78, 5) is 37.8. The standard InChI is InChI=1S/C60H104O6/c1-4-7-10-13-16-19-21-23-24-25-26-27-28-29-30-31-32-33-34-35-36-38-39-41-44-47-50-53-59(62)65-56-57(55-64-58(61)52-49-46-43-18-15-12-9-6-3)66-60(63)54-51-48-45-42-40-37-22-20-17-14-11-8-5-2/h8,11,17,20-21,23,25-26,37,40,45,48,57H,4-7,9-10,12-16,18-19,22,24,27-36,38-39,41-44,46-47,49-56H2,1-3H3/b11-8-,20-17-,23-21-,26-25-,40-37-,48-45-. The van der Waals surface area contributed by atoms with Crippen molar-refractivity contribution in [2.45, 2.75) is 277 Å². The molecule has 6 nitrogen and oxygen atoms in total. The van der Waals surface area contributed by atoms with Crippen molar-refractivity contribution in [3.8, 4) is 0 Å². The summed E-state index contributed by atoms with van der Waals surface area (Å²) in [6.45, 7) is 6.43. The summed E-state index contributed by atoms with van der Waals surface area (Å²) < 4.78 is 16.7. The lowest BCUT2D eigenvalue weighted by Gasteiger charge is -2.18. The maximum Gasteiger partial charge on any atom is 0.306 e. The maximum atomic E-state index is 12.7. The number of allylic oxidation sites excluding steroid dienone is 12. The molecule has 380 valence electrons. The zero-order valence-electron chi connectivity index (χ0n) is 43.4. The van der Waals surface area contributed by atoms with E-state index in [9.17, 15) is 14.4 Å². The molecule has 0 aromatic rings. The summed E-state index contributed by atoms with van der Waals surface area (Å²) in [5.74, 6) is -0.985. The Balaban J connectivity index is 4.16. The zero-order chi connectivity index (χ0) is 47.9. The molecule has 0 fully saturated rings. The minimum atomic E-state index is -0.809. The van der Waals surface area contributed by atoms with E-state index in [1.807, 2.05) is 12.2 Å². The molecule has 0 aromatic heterocycles. The highest BCUT2D eigenvalue weighted by Gasteiger charge is 2.19. The normalized spacial score (nSPS) is 12.6. The van der Waals surface area contributed by atoms with E-state index < -0.39 is 6.10 Å². The molecule has 6 heteroatoms. The molecule has 0 amide bonds. The molecule has 0 bridgehead atoms. The average Bonchev–Trinajstić information content (AvgIpc) is 3.31. The van der Waals surface area contributed by atoms with Crippen LogP contribution >= 0.6 is 0 Å². The third kappa shape index (κ3) is 51.8. The lowest BCUT2D eigenvalue weighted by Crippen LogP contribution is -2.30. The van der Waals surface area contributed by atoms with Gasteiger partial charge in [-0.05, 0) is 77.0 Å². The maximum absolute atomic E-state index is 12.7. The smallest absolute Gasteiger partial charge is 0.306 e. The molecule has 0 N–H and O–H groups in total. The second kappa shape index (κ2) is 54.5. The number of rotatable bonds is 50. The zero-order valence-corrected chi connectivity index (χ0v) is 43.4. The van der Waals surface area contributed by atoms with Crippen molar-refractivity contribution in [3.05, 3.63) is 72.9 Å². The fourth-order valence-corrected chi connectivity index (χ4v) is 7.78. The van der Waals surface area contributed by atoms with Gasteiger partial charge in [0.25, 0.3) is 0 Å². The van der Waals surface area contributed by atoms with Gasteiger partial charge in [-0.25, -0.2) is 0 Å². The first kappa shape index (κ1) is 62.8. The van der Waals surface area contributed by atoms with Crippen molar-refractivity contribution >= 4 is 17.9 Å². The van der Waals surface area contributed by atoms with Gasteiger partial charge in [-0.2, -0.15) is 0 Å². The largest absolute Gasteiger partial charge is 0.462 e. The van der Waals surface area contributed by atoms with E-state index in [0.29, 0.717) is 19.3 Å². The van der Waals surface area contributed by atoms with Gasteiger partial charge in [-0.15, -0.1) is 0 Å². The molecule has 0 rings (SSSR count). The number of unbranched alkanes of at least 4 members (excludes halogenated alkanes) is 27. The lowest BCUT2D eigenvalue weighted by atomic mass is 10.0. The van der Waals surface area contributed by atoms with Crippen molar-refractivity contribution in [3.63, 3.8) is 0 Å². The lowest BCUT2D eigenvalue weighted by molar-refractivity contribution is -0.166. The quantitative estimate of drug-likeness (QED) is 0.0262. The predicted octanol–water partition coefficient (Wildman–Crippen LogP) is 18.6. The Labute approximate surface area is 408 Å². The number of esters is 3. The molecule has 1 atom stereocenters. The van der Waals surface area contributed by atoms with Gasteiger partial charge < -0.3 is 14.2 Å². The van der Waals surface area contributed by atoms with E-state index in [4.69, 9.17) is 14.2 Å². The molecule has 0 spiro atoms. The van der Waals surface area contributed by atoms with Gasteiger partial charge in [0.05, 0.1) is 0 Å². The minimum absolute atomic E-state index is 0.102. The highest BCUT2D eigenvalue weighted by Crippen LogP contribution is 2.16. The van der Waals surface area contributed by atoms with Crippen molar-refractivity contribution in [1.29, 1.82) is 0 Å². The van der Waals surface area contributed by atoms with Gasteiger partial charge in [0.1, 0.15) is 13.2 Å². The van der Waals surface area contributed by atoms with E-state index in [0.717, 1.165) is 70.6 Å². The Morgan fingerprint density at radius 1 is 0.318 bits per heavy atom. The Kier molecular flexibility index (Phi) is 51.9. The van der Waals surface area contributed by atoms with Crippen LogP contribution in [0.25, 0.3) is 0 Å². The number of hydrogen-bond acceptors (Lipinski definition) is 6. The van der Waals surface area contributed by atoms with E-state index in [1.54, 1.807) is 0 Å². The SMILES string of the molecule is CC/C=C\C/C=C\C/C=C\C/C=C\CCC(=O)OC(COC(=O)CCCCCCCCCC)COC(=O)CCCCCCCCCCCCCCCCC/C=C\C/C=C\CCCCCCC. The molecule has 0 radical (unpaired) electrons. The second-order valence-corrected chi connectivity index (χ2v) is 18.5. The van der Waals surface area contributed by atoms with Gasteiger partial charge in [0.2, 0.25) is 0 Å². The molecule has 0 aromatic carbocycles. The number of hydrogen-bond donors (Lipinski definition) is 0. The van der Waals surface area contributed by atoms with E-state index in [-0.39, 0.29) is 37.5 Å². The molecule has 66 heavy (non-hydrogen) atoms. The van der Waals surface area contributed by atoms with Crippen molar-refractivity contribution in [2.75, 3.05) is 13.2 Å². The third-order valence-electron chi connectivity index (χ3n) is 12.0. The van der Waals surface area contributed by atoms with Crippen LogP contribution < -0.4 is 0 Å². The van der Waals surface area contributed by atoms with Crippen LogP contribution in [0.3, 0.4) is 0 Å². The molecule has 0 aliphatic rings. The monoisotopic (exact) mass is 921 g/mol. The first-order valence-corrected chi connectivity index (χ1v) is 27.9. The molecule has 0 aliphatic carbocycles. The van der Waals surface area contributed by atoms with Crippen LogP contribution in [0, 0.1) is 0 Å². The summed E-state index contributed by atoms with van der Waals surface area (Å²) in [5.41, 5.74) is 0. The van der Waals surface area contributed by atoms with Gasteiger partial charge in [-0.1, -0.05) is 248 Å². The highest BCUT2D eigenvalue weighted by atomic mass is 16.6. The first-order valence-electron chi connectivity index (χ1n) is 27.9. The highest BCUT2D eigenvalue weighted by molar-refractivity contribution is 5.71. The summed E-state index contributed by atoms with van der Waals surface area (Å²) in [6.07, 6.45) is 69.4. The van der Waals surface area contributed by atoms with Gasteiger partial charge in [0.15, 0.2) is 6.10 Å². The van der Waals surface area contributed by atoms with Crippen LogP contribution in [0.2, 0.25) is 0 Å². The van der Waals surface area contributed by atoms with Crippen molar-refractivity contribution in [1.82, 2.24) is 0 Å². The van der Waals surface area contributed by atoms with Crippen LogP contribution in [0.4, 0.5) is 0 Å². The summed E-state index contributed by atoms with van der Waals surface area (Å²) >= 11 is 0. The van der Waals surface area contributed by atoms with Crippen LogP contribution in [0.1, 0.15) is 271 Å². The molecule has 0 saturated heterocycles. The third-order valence-corrected chi connectivity index (χ3v) is 12.0. The molecular formula is C60H104O6. The summed E-state index contributed by atoms with van der Waals surface area (Å²) in [6, 6.07) is 0. The molecule has 0 saturated carbocycles. The predicted molar refractivity (Wildman–Crippen MR) is 284 cm³/mol. The van der Waals surface area contributed by atoms with Crippen LogP contribution in [0.5, 0.6) is 0 Å². The Bertz CT molecular complexity index is 1240. The fourth-order valence-electron chi connectivity index (χ4n) is 7.78. The van der Waals surface area contributed by atoms with Crippen molar-refractivity contribution < 1.29 is 28.6 Å². The van der Waals surface area contributed by atoms with Gasteiger partial charge in [-0.3, -0.25) is 14.4 Å². The van der Waals surface area contributed by atoms with Crippen LogP contribution in [-0.2, 0) is 28.6 Å². The molecule has 0 heterocycles. The topological polar surface area (TPSA) is 78.9 Å². The van der Waals surface area contributed by atoms with Crippen LogP contribution in [0.15, 0.2) is 72.9 Å². The minimum Gasteiger partial charge on any atom is -0.462 e. The Hall–Kier alpha value is -3.15.